The highest BCUT2D eigenvalue weighted by Crippen LogP contribution is 2.27. The number of carbonyl (C=O) groups is 1. The minimum absolute atomic E-state index is 0.198. The molecular weight excluding hydrogens is 375 g/mol. The van der Waals surface area contributed by atoms with Crippen LogP contribution in [0.1, 0.15) is 10.5 Å². The summed E-state index contributed by atoms with van der Waals surface area (Å²) in [5.41, 5.74) is 1.44. The van der Waals surface area contributed by atoms with E-state index in [4.69, 9.17) is 27.9 Å². The summed E-state index contributed by atoms with van der Waals surface area (Å²) in [4.78, 5) is 20.5. The molecule has 0 aliphatic heterocycles. The van der Waals surface area contributed by atoms with Crippen molar-refractivity contribution in [2.45, 2.75) is 0 Å². The van der Waals surface area contributed by atoms with Crippen LogP contribution >= 0.6 is 23.2 Å². The van der Waals surface area contributed by atoms with Gasteiger partial charge in [0.25, 0.3) is 5.91 Å². The zero-order valence-corrected chi connectivity index (χ0v) is 15.2. The zero-order chi connectivity index (χ0) is 18.5. The Hall–Kier alpha value is -2.83. The second kappa shape index (κ2) is 8.03. The van der Waals surface area contributed by atoms with Gasteiger partial charge in [-0.15, -0.1) is 0 Å². The Labute approximate surface area is 160 Å². The molecule has 0 bridgehead atoms. The van der Waals surface area contributed by atoms with Crippen LogP contribution in [0.5, 0.6) is 5.75 Å². The average molecular weight is 389 g/mol. The smallest absolute Gasteiger partial charge is 0.274 e. The predicted molar refractivity (Wildman–Crippen MR) is 103 cm³/mol. The maximum absolute atomic E-state index is 12.4. The number of anilines is 3. The summed E-state index contributed by atoms with van der Waals surface area (Å²) in [6.45, 7) is 0. The molecule has 2 aromatic carbocycles. The molecule has 8 heteroatoms. The summed E-state index contributed by atoms with van der Waals surface area (Å²) in [5, 5.41) is 6.58. The van der Waals surface area contributed by atoms with Crippen LogP contribution < -0.4 is 15.4 Å². The van der Waals surface area contributed by atoms with Crippen molar-refractivity contribution in [3.8, 4) is 5.75 Å². The molecule has 0 radical (unpaired) electrons. The van der Waals surface area contributed by atoms with Gasteiger partial charge in [0.05, 0.1) is 22.8 Å². The van der Waals surface area contributed by atoms with E-state index in [1.807, 2.05) is 24.3 Å². The molecule has 26 heavy (non-hydrogen) atoms. The summed E-state index contributed by atoms with van der Waals surface area (Å²) in [7, 11) is 1.58. The molecule has 1 amide bonds. The lowest BCUT2D eigenvalue weighted by Crippen LogP contribution is -2.14. The molecule has 0 fully saturated rings. The number of para-hydroxylation sites is 2. The lowest BCUT2D eigenvalue weighted by Gasteiger charge is -2.11. The number of amides is 1. The Morgan fingerprint density at radius 2 is 1.85 bits per heavy atom. The van der Waals surface area contributed by atoms with Crippen molar-refractivity contribution in [2.24, 2.45) is 0 Å². The van der Waals surface area contributed by atoms with Crippen LogP contribution in [-0.4, -0.2) is 23.0 Å². The lowest BCUT2D eigenvalue weighted by molar-refractivity contribution is 0.102. The maximum atomic E-state index is 12.4. The maximum Gasteiger partial charge on any atom is 0.274 e. The van der Waals surface area contributed by atoms with Crippen LogP contribution in [0.3, 0.4) is 0 Å². The van der Waals surface area contributed by atoms with Crippen LogP contribution in [0.2, 0.25) is 10.0 Å². The summed E-state index contributed by atoms with van der Waals surface area (Å²) in [5.74, 6) is 0.727. The van der Waals surface area contributed by atoms with Gasteiger partial charge in [-0.3, -0.25) is 4.79 Å². The van der Waals surface area contributed by atoms with Crippen molar-refractivity contribution in [1.29, 1.82) is 0 Å². The second-order valence-electron chi connectivity index (χ2n) is 5.20. The van der Waals surface area contributed by atoms with Crippen LogP contribution in [0.25, 0.3) is 0 Å². The highest BCUT2D eigenvalue weighted by Gasteiger charge is 2.11. The quantitative estimate of drug-likeness (QED) is 0.656. The molecule has 0 atom stereocenters. The van der Waals surface area contributed by atoms with Crippen molar-refractivity contribution in [1.82, 2.24) is 9.97 Å². The Bertz CT molecular complexity index is 950. The standard InChI is InChI=1S/C18H14Cl2N4O2/c1-26-16-5-3-2-4-14(16)24-17-9-15(21-10-22-17)18(25)23-11-6-7-12(19)13(20)8-11/h2-10H,1H3,(H,23,25)(H,21,22,24). The first-order valence-corrected chi connectivity index (χ1v) is 8.31. The van der Waals surface area contributed by atoms with Crippen LogP contribution in [0.15, 0.2) is 54.9 Å². The highest BCUT2D eigenvalue weighted by atomic mass is 35.5. The molecule has 0 saturated heterocycles. The van der Waals surface area contributed by atoms with E-state index in [2.05, 4.69) is 20.6 Å². The number of carbonyl (C=O) groups excluding carboxylic acids is 1. The second-order valence-corrected chi connectivity index (χ2v) is 6.01. The van der Waals surface area contributed by atoms with E-state index in [-0.39, 0.29) is 5.69 Å². The summed E-state index contributed by atoms with van der Waals surface area (Å²) < 4.78 is 5.29. The molecule has 3 aromatic rings. The Morgan fingerprint density at radius 1 is 1.04 bits per heavy atom. The van der Waals surface area contributed by atoms with Gasteiger partial charge in [0, 0.05) is 11.8 Å². The van der Waals surface area contributed by atoms with E-state index < -0.39 is 5.91 Å². The summed E-state index contributed by atoms with van der Waals surface area (Å²) >= 11 is 11.8. The topological polar surface area (TPSA) is 76.1 Å². The molecule has 3 rings (SSSR count). The number of hydrogen-bond donors (Lipinski definition) is 2. The van der Waals surface area contributed by atoms with Gasteiger partial charge < -0.3 is 15.4 Å². The van der Waals surface area contributed by atoms with Crippen molar-refractivity contribution in [2.75, 3.05) is 17.7 Å². The number of hydrogen-bond acceptors (Lipinski definition) is 5. The Kier molecular flexibility index (Phi) is 5.55. The third kappa shape index (κ3) is 4.22. The Balaban J connectivity index is 1.78. The fourth-order valence-electron chi connectivity index (χ4n) is 2.20. The minimum atomic E-state index is -0.395. The normalized spacial score (nSPS) is 10.3. The molecule has 2 N–H and O–H groups in total. The van der Waals surface area contributed by atoms with Gasteiger partial charge in [0.15, 0.2) is 0 Å². The zero-order valence-electron chi connectivity index (χ0n) is 13.7. The summed E-state index contributed by atoms with van der Waals surface area (Å²) in [6, 6.07) is 13.8. The molecule has 1 aromatic heterocycles. The van der Waals surface area contributed by atoms with Crippen LogP contribution in [0.4, 0.5) is 17.2 Å². The van der Waals surface area contributed by atoms with E-state index in [0.717, 1.165) is 5.69 Å². The van der Waals surface area contributed by atoms with E-state index >= 15 is 0 Å². The molecule has 0 saturated carbocycles. The molecule has 0 aliphatic rings. The van der Waals surface area contributed by atoms with Gasteiger partial charge in [-0.2, -0.15) is 0 Å². The van der Waals surface area contributed by atoms with E-state index in [1.165, 1.54) is 6.33 Å². The number of aromatic nitrogens is 2. The number of methoxy groups -OCH3 is 1. The molecule has 0 aliphatic carbocycles. The van der Waals surface area contributed by atoms with E-state index in [9.17, 15) is 4.79 Å². The monoisotopic (exact) mass is 388 g/mol. The number of rotatable bonds is 5. The van der Waals surface area contributed by atoms with Gasteiger partial charge in [0.1, 0.15) is 23.6 Å². The van der Waals surface area contributed by atoms with Crippen LogP contribution in [0, 0.1) is 0 Å². The van der Waals surface area contributed by atoms with Crippen molar-refractivity contribution >= 4 is 46.3 Å². The Morgan fingerprint density at radius 3 is 2.62 bits per heavy atom. The van der Waals surface area contributed by atoms with Crippen molar-refractivity contribution < 1.29 is 9.53 Å². The van der Waals surface area contributed by atoms with Gasteiger partial charge in [-0.05, 0) is 30.3 Å². The first-order valence-electron chi connectivity index (χ1n) is 7.55. The third-order valence-corrected chi connectivity index (χ3v) is 4.19. The molecule has 132 valence electrons. The molecule has 0 spiro atoms. The van der Waals surface area contributed by atoms with E-state index in [1.54, 1.807) is 31.4 Å². The van der Waals surface area contributed by atoms with Gasteiger partial charge in [-0.1, -0.05) is 35.3 Å². The number of nitrogens with one attached hydrogen (secondary N) is 2. The van der Waals surface area contributed by atoms with Crippen molar-refractivity contribution in [3.05, 3.63) is 70.6 Å². The van der Waals surface area contributed by atoms with Crippen molar-refractivity contribution in [3.63, 3.8) is 0 Å². The molecule has 1 heterocycles. The largest absolute Gasteiger partial charge is 0.495 e. The predicted octanol–water partition coefficient (Wildman–Crippen LogP) is 4.79. The van der Waals surface area contributed by atoms with E-state index in [0.29, 0.717) is 27.3 Å². The van der Waals surface area contributed by atoms with Gasteiger partial charge in [0.2, 0.25) is 0 Å². The first-order chi connectivity index (χ1) is 12.6. The SMILES string of the molecule is COc1ccccc1Nc1cc(C(=O)Nc2ccc(Cl)c(Cl)c2)ncn1. The minimum Gasteiger partial charge on any atom is -0.495 e. The number of ether oxygens (including phenoxy) is 1. The highest BCUT2D eigenvalue weighted by molar-refractivity contribution is 6.42. The molecule has 0 unspecified atom stereocenters. The first kappa shape index (κ1) is 18.0. The average Bonchev–Trinajstić information content (AvgIpc) is 2.65. The fourth-order valence-corrected chi connectivity index (χ4v) is 2.50. The lowest BCUT2D eigenvalue weighted by atomic mass is 10.2. The number of nitrogens with zero attached hydrogens (tertiary/aromatic N) is 2. The third-order valence-electron chi connectivity index (χ3n) is 3.45. The molecule has 6 nitrogen and oxygen atoms in total. The number of benzene rings is 2. The molecular formula is C18H14Cl2N4O2. The van der Waals surface area contributed by atoms with Gasteiger partial charge >= 0.3 is 0 Å². The summed E-state index contributed by atoms with van der Waals surface area (Å²) in [6.07, 6.45) is 1.31. The number of halogens is 2. The fraction of sp³-hybridized carbons (Fsp3) is 0.0556. The van der Waals surface area contributed by atoms with Crippen LogP contribution in [-0.2, 0) is 0 Å². The van der Waals surface area contributed by atoms with Gasteiger partial charge in [-0.25, -0.2) is 9.97 Å².